The molecule has 1 aromatic rings. The molecule has 98 valence electrons. The van der Waals surface area contributed by atoms with Crippen molar-refractivity contribution in [2.75, 3.05) is 6.61 Å². The van der Waals surface area contributed by atoms with Crippen molar-refractivity contribution < 1.29 is 18.3 Å². The van der Waals surface area contributed by atoms with Crippen LogP contribution in [-0.2, 0) is 22.5 Å². The number of ether oxygens (including phenoxy) is 1. The van der Waals surface area contributed by atoms with Crippen molar-refractivity contribution in [1.82, 2.24) is 9.78 Å². The van der Waals surface area contributed by atoms with Gasteiger partial charge >= 0.3 is 5.97 Å². The molecular weight excluding hydrogens is 242 g/mol. The smallest absolute Gasteiger partial charge is 0.302 e. The van der Waals surface area contributed by atoms with Crippen LogP contribution in [0.25, 0.3) is 0 Å². The van der Waals surface area contributed by atoms with Gasteiger partial charge in [0.15, 0.2) is 0 Å². The molecule has 0 radical (unpaired) electrons. The minimum Gasteiger partial charge on any atom is -0.464 e. The molecule has 0 aliphatic heterocycles. The molecule has 0 aromatic carbocycles. The van der Waals surface area contributed by atoms with Crippen molar-refractivity contribution >= 4 is 5.97 Å². The zero-order chi connectivity index (χ0) is 12.9. The Morgan fingerprint density at radius 2 is 2.39 bits per heavy atom. The number of alkyl halides is 2. The number of carbonyl (C=O) groups is 1. The predicted octanol–water partition coefficient (Wildman–Crippen LogP) is 2.04. The lowest BCUT2D eigenvalue weighted by Crippen LogP contribution is -2.12. The maximum atomic E-state index is 12.9. The number of nitrogens with zero attached hydrogens (tertiary/aromatic N) is 2. The molecule has 1 aromatic heterocycles. The summed E-state index contributed by atoms with van der Waals surface area (Å²) >= 11 is 0. The van der Waals surface area contributed by atoms with E-state index in [9.17, 15) is 13.6 Å². The normalized spacial score (nSPS) is 24.0. The lowest BCUT2D eigenvalue weighted by molar-refractivity contribution is -0.141. The Labute approximate surface area is 103 Å². The van der Waals surface area contributed by atoms with Gasteiger partial charge in [-0.3, -0.25) is 9.48 Å². The highest BCUT2D eigenvalue weighted by molar-refractivity contribution is 5.65. The van der Waals surface area contributed by atoms with Gasteiger partial charge in [0.05, 0.1) is 6.54 Å². The molecule has 0 saturated heterocycles. The molecule has 0 bridgehead atoms. The average Bonchev–Trinajstić information content (AvgIpc) is 2.80. The Morgan fingerprint density at radius 1 is 1.61 bits per heavy atom. The van der Waals surface area contributed by atoms with E-state index in [1.807, 2.05) is 0 Å². The minimum atomic E-state index is -2.52. The van der Waals surface area contributed by atoms with Crippen molar-refractivity contribution in [2.24, 2.45) is 5.92 Å². The van der Waals surface area contributed by atoms with E-state index < -0.39 is 6.43 Å². The molecule has 2 atom stereocenters. The molecule has 18 heavy (non-hydrogen) atoms. The van der Waals surface area contributed by atoms with Crippen molar-refractivity contribution in [3.63, 3.8) is 0 Å². The Bertz CT molecular complexity index is 499. The Balaban J connectivity index is 1.81. The van der Waals surface area contributed by atoms with E-state index in [0.717, 1.165) is 24.1 Å². The third-order valence-electron chi connectivity index (χ3n) is 3.69. The summed E-state index contributed by atoms with van der Waals surface area (Å²) in [6.07, 6.45) is -0.671. The van der Waals surface area contributed by atoms with Gasteiger partial charge < -0.3 is 4.74 Å². The topological polar surface area (TPSA) is 44.1 Å². The van der Waals surface area contributed by atoms with Crippen LogP contribution >= 0.6 is 0 Å². The van der Waals surface area contributed by atoms with Crippen molar-refractivity contribution in [3.05, 3.63) is 17.0 Å². The van der Waals surface area contributed by atoms with Gasteiger partial charge in [-0.25, -0.2) is 8.78 Å². The average molecular weight is 256 g/mol. The Morgan fingerprint density at radius 3 is 3.06 bits per heavy atom. The molecule has 2 aliphatic rings. The number of carbonyl (C=O) groups excluding carboxylic acids is 1. The molecule has 6 heteroatoms. The lowest BCUT2D eigenvalue weighted by atomic mass is 10.1. The molecule has 4 nitrogen and oxygen atoms in total. The van der Waals surface area contributed by atoms with Gasteiger partial charge in [-0.05, 0) is 24.7 Å². The second kappa shape index (κ2) is 4.03. The first-order valence-corrected chi connectivity index (χ1v) is 6.09. The highest BCUT2D eigenvalue weighted by atomic mass is 19.3. The summed E-state index contributed by atoms with van der Waals surface area (Å²) in [6, 6.07) is 0. The van der Waals surface area contributed by atoms with Crippen LogP contribution in [0.2, 0.25) is 0 Å². The molecular formula is C12H14F2N2O2. The number of halogens is 2. The number of fused-ring (bicyclic) bond motifs is 3. The van der Waals surface area contributed by atoms with Crippen LogP contribution in [-0.4, -0.2) is 22.4 Å². The largest absolute Gasteiger partial charge is 0.464 e. The van der Waals surface area contributed by atoms with Gasteiger partial charge in [-0.1, -0.05) is 0 Å². The zero-order valence-electron chi connectivity index (χ0n) is 10.0. The third kappa shape index (κ3) is 1.79. The quantitative estimate of drug-likeness (QED) is 0.774. The first-order valence-electron chi connectivity index (χ1n) is 6.09. The molecule has 0 amide bonds. The first kappa shape index (κ1) is 11.6. The van der Waals surface area contributed by atoms with Gasteiger partial charge in [-0.2, -0.15) is 5.10 Å². The van der Waals surface area contributed by atoms with Crippen molar-refractivity contribution in [3.8, 4) is 0 Å². The molecule has 2 unspecified atom stereocenters. The summed E-state index contributed by atoms with van der Waals surface area (Å²) < 4.78 is 32.2. The van der Waals surface area contributed by atoms with Crippen LogP contribution in [0.3, 0.4) is 0 Å². The zero-order valence-corrected chi connectivity index (χ0v) is 10.0. The summed E-state index contributed by atoms with van der Waals surface area (Å²) in [7, 11) is 0. The predicted molar refractivity (Wildman–Crippen MR) is 58.4 cm³/mol. The van der Waals surface area contributed by atoms with Gasteiger partial charge in [-0.15, -0.1) is 0 Å². The highest BCUT2D eigenvalue weighted by Crippen LogP contribution is 2.58. The fourth-order valence-electron chi connectivity index (χ4n) is 2.85. The van der Waals surface area contributed by atoms with Crippen molar-refractivity contribution in [1.29, 1.82) is 0 Å². The van der Waals surface area contributed by atoms with Crippen molar-refractivity contribution in [2.45, 2.75) is 38.7 Å². The minimum absolute atomic E-state index is 0.0715. The monoisotopic (exact) mass is 256 g/mol. The van der Waals surface area contributed by atoms with Gasteiger partial charge in [0, 0.05) is 18.2 Å². The number of aromatic nitrogens is 2. The molecule has 1 fully saturated rings. The summed E-state index contributed by atoms with van der Waals surface area (Å²) in [6.45, 7) is 1.86. The van der Waals surface area contributed by atoms with Crippen LogP contribution < -0.4 is 0 Å². The lowest BCUT2D eigenvalue weighted by Gasteiger charge is -2.06. The molecule has 0 spiro atoms. The number of hydrogen-bond acceptors (Lipinski definition) is 3. The van der Waals surface area contributed by atoms with Crippen LogP contribution in [0.5, 0.6) is 0 Å². The molecule has 0 N–H and O–H groups in total. The molecule has 1 heterocycles. The molecule has 1 saturated carbocycles. The summed E-state index contributed by atoms with van der Waals surface area (Å²) in [5.41, 5.74) is 1.61. The van der Waals surface area contributed by atoms with E-state index in [-0.39, 0.29) is 18.3 Å². The number of hydrogen-bond donors (Lipinski definition) is 0. The van der Waals surface area contributed by atoms with Crippen LogP contribution in [0, 0.1) is 5.92 Å². The second-order valence-electron chi connectivity index (χ2n) is 4.92. The maximum absolute atomic E-state index is 12.9. The summed E-state index contributed by atoms with van der Waals surface area (Å²) in [4.78, 5) is 10.7. The number of esters is 1. The Hall–Kier alpha value is -1.46. The summed E-state index contributed by atoms with van der Waals surface area (Å²) in [5, 5.41) is 3.98. The van der Waals surface area contributed by atoms with Gasteiger partial charge in [0.25, 0.3) is 6.43 Å². The fourth-order valence-corrected chi connectivity index (χ4v) is 2.85. The van der Waals surface area contributed by atoms with E-state index in [1.54, 1.807) is 4.68 Å². The van der Waals surface area contributed by atoms with E-state index in [1.165, 1.54) is 6.92 Å². The van der Waals surface area contributed by atoms with E-state index in [4.69, 9.17) is 4.74 Å². The van der Waals surface area contributed by atoms with E-state index in [0.29, 0.717) is 18.4 Å². The fraction of sp³-hybridized carbons (Fsp3) is 0.667. The van der Waals surface area contributed by atoms with Gasteiger partial charge in [0.2, 0.25) is 0 Å². The summed E-state index contributed by atoms with van der Waals surface area (Å²) in [5.74, 6) is 0.470. The first-order chi connectivity index (χ1) is 8.58. The second-order valence-corrected chi connectivity index (χ2v) is 4.92. The van der Waals surface area contributed by atoms with E-state index >= 15 is 0 Å². The van der Waals surface area contributed by atoms with E-state index in [2.05, 4.69) is 5.10 Å². The highest BCUT2D eigenvalue weighted by Gasteiger charge is 2.50. The Kier molecular flexibility index (Phi) is 2.60. The van der Waals surface area contributed by atoms with Crippen LogP contribution in [0.15, 0.2) is 0 Å². The third-order valence-corrected chi connectivity index (χ3v) is 3.69. The SMILES string of the molecule is CC(=O)OCCn1nc(C(F)F)c2c1CC1CC21. The van der Waals surface area contributed by atoms with Gasteiger partial charge in [0.1, 0.15) is 12.3 Å². The maximum Gasteiger partial charge on any atom is 0.302 e. The molecule has 3 rings (SSSR count). The molecule has 2 aliphatic carbocycles. The standard InChI is InChI=1S/C12H14F2N2O2/c1-6(17)18-3-2-16-9-5-7-4-8(7)10(9)11(15-16)12(13)14/h7-8,12H,2-5H2,1H3. The van der Waals surface area contributed by atoms with Crippen LogP contribution in [0.1, 0.15) is 42.6 Å². The van der Waals surface area contributed by atoms with Crippen LogP contribution in [0.4, 0.5) is 8.78 Å². The number of rotatable bonds is 4.